The van der Waals surface area contributed by atoms with Crippen LogP contribution < -0.4 is 10.4 Å². The van der Waals surface area contributed by atoms with Crippen LogP contribution in [0.1, 0.15) is 5.56 Å². The van der Waals surface area contributed by atoms with E-state index in [9.17, 15) is 5.02 Å². The Bertz CT molecular complexity index is 667. The van der Waals surface area contributed by atoms with Crippen LogP contribution in [0.4, 0.5) is 5.69 Å². The van der Waals surface area contributed by atoms with E-state index < -0.39 is 7.05 Å². The van der Waals surface area contributed by atoms with Gasteiger partial charge in [-0.25, -0.2) is 4.98 Å². The van der Waals surface area contributed by atoms with E-state index in [2.05, 4.69) is 26.0 Å². The Morgan fingerprint density at radius 2 is 2.05 bits per heavy atom. The van der Waals surface area contributed by atoms with E-state index in [0.717, 1.165) is 15.7 Å². The fraction of sp³-hybridized carbons (Fsp3) is 0. The lowest BCUT2D eigenvalue weighted by molar-refractivity contribution is 0.578. The summed E-state index contributed by atoms with van der Waals surface area (Å²) in [6, 6.07) is 9.29. The first-order chi connectivity index (χ1) is 9.18. The average molecular weight is 336 g/mol. The molecule has 1 N–H and O–H groups in total. The molecule has 7 heteroatoms. The van der Waals surface area contributed by atoms with Gasteiger partial charge in [-0.15, -0.1) is 0 Å². The van der Waals surface area contributed by atoms with Gasteiger partial charge in [-0.3, -0.25) is 4.92 Å². The number of hydrogen-bond donors (Lipinski definition) is 1. The molecule has 0 unspecified atom stereocenters. The molecule has 0 bridgehead atoms. The number of halogens is 2. The van der Waals surface area contributed by atoms with Gasteiger partial charge in [0.25, 0.3) is 0 Å². The van der Waals surface area contributed by atoms with Crippen molar-refractivity contribution in [1.29, 1.82) is 0 Å². The van der Waals surface area contributed by atoms with E-state index in [0.29, 0.717) is 5.46 Å². The first kappa shape index (κ1) is 12.7. The Hall–Kier alpha value is -1.37. The van der Waals surface area contributed by atoms with Gasteiger partial charge in [0.1, 0.15) is 5.15 Å². The van der Waals surface area contributed by atoms with Gasteiger partial charge in [0, 0.05) is 16.1 Å². The van der Waals surface area contributed by atoms with Crippen molar-refractivity contribution >= 4 is 51.9 Å². The van der Waals surface area contributed by atoms with Crippen molar-refractivity contribution in [3.63, 3.8) is 0 Å². The zero-order valence-corrected chi connectivity index (χ0v) is 12.0. The van der Waals surface area contributed by atoms with Gasteiger partial charge in [-0.05, 0) is 39.7 Å². The summed E-state index contributed by atoms with van der Waals surface area (Å²) in [4.78, 5) is 5.50. The third kappa shape index (κ3) is 2.16. The molecule has 0 fully saturated rings. The molecule has 1 aliphatic heterocycles. The highest BCUT2D eigenvalue weighted by molar-refractivity contribution is 9.10. The monoisotopic (exact) mass is 335 g/mol. The van der Waals surface area contributed by atoms with Crippen LogP contribution in [0.3, 0.4) is 0 Å². The predicted molar refractivity (Wildman–Crippen MR) is 81.1 cm³/mol. The van der Waals surface area contributed by atoms with Gasteiger partial charge in [0.2, 0.25) is 0 Å². The number of rotatable bonds is 1. The number of aromatic nitrogens is 1. The molecule has 4 nitrogen and oxygen atoms in total. The number of hydrazone groups is 1. The molecule has 0 saturated heterocycles. The van der Waals surface area contributed by atoms with Crippen molar-refractivity contribution in [2.75, 3.05) is 4.92 Å². The smallest absolute Gasteiger partial charge is 0.427 e. The number of benzene rings is 1. The number of para-hydroxylation sites is 1. The lowest BCUT2D eigenvalue weighted by atomic mass is 9.70. The number of fused-ring (bicyclic) bond motifs is 1. The van der Waals surface area contributed by atoms with Crippen molar-refractivity contribution in [2.45, 2.75) is 0 Å². The van der Waals surface area contributed by atoms with Crippen molar-refractivity contribution in [3.8, 4) is 0 Å². The average Bonchev–Trinajstić information content (AvgIpc) is 2.40. The topological polar surface area (TPSA) is 48.7 Å². The van der Waals surface area contributed by atoms with Gasteiger partial charge in [-0.1, -0.05) is 23.7 Å². The molecule has 3 rings (SSSR count). The molecule has 0 radical (unpaired) electrons. The maximum Gasteiger partial charge on any atom is 0.474 e. The summed E-state index contributed by atoms with van der Waals surface area (Å²) in [5, 5.41) is 15.0. The minimum absolute atomic E-state index is 0.285. The Morgan fingerprint density at radius 3 is 2.84 bits per heavy atom. The van der Waals surface area contributed by atoms with Crippen LogP contribution in [0.2, 0.25) is 5.15 Å². The normalized spacial score (nSPS) is 13.6. The summed E-state index contributed by atoms with van der Waals surface area (Å²) < 4.78 is 0.842. The van der Waals surface area contributed by atoms with Gasteiger partial charge in [0.05, 0.1) is 11.9 Å². The summed E-state index contributed by atoms with van der Waals surface area (Å²) in [6.45, 7) is 0. The molecule has 1 aromatic heterocycles. The second-order valence-electron chi connectivity index (χ2n) is 4.02. The van der Waals surface area contributed by atoms with E-state index in [1.54, 1.807) is 18.5 Å². The lowest BCUT2D eigenvalue weighted by Gasteiger charge is -2.27. The second-order valence-corrected chi connectivity index (χ2v) is 5.23. The van der Waals surface area contributed by atoms with Crippen LogP contribution in [0.5, 0.6) is 0 Å². The lowest BCUT2D eigenvalue weighted by Crippen LogP contribution is -2.51. The number of pyridine rings is 1. The van der Waals surface area contributed by atoms with Crippen LogP contribution >= 0.6 is 27.5 Å². The minimum Gasteiger partial charge on any atom is -0.427 e. The largest absolute Gasteiger partial charge is 0.474 e. The van der Waals surface area contributed by atoms with Crippen LogP contribution in [-0.4, -0.2) is 23.3 Å². The molecular formula is C12H8BBrClN3O. The molecule has 0 spiro atoms. The summed E-state index contributed by atoms with van der Waals surface area (Å²) in [6.07, 6.45) is 3.25. The molecule has 0 aliphatic carbocycles. The quantitative estimate of drug-likeness (QED) is 0.640. The molecule has 1 aliphatic rings. The molecular weight excluding hydrogens is 328 g/mol. The second kappa shape index (κ2) is 4.96. The first-order valence-corrected chi connectivity index (χ1v) is 6.76. The van der Waals surface area contributed by atoms with Crippen LogP contribution in [0, 0.1) is 0 Å². The van der Waals surface area contributed by atoms with Crippen LogP contribution in [0.15, 0.2) is 46.1 Å². The highest BCUT2D eigenvalue weighted by Crippen LogP contribution is 2.28. The van der Waals surface area contributed by atoms with Crippen LogP contribution in [0.25, 0.3) is 0 Å². The number of anilines is 1. The zero-order valence-electron chi connectivity index (χ0n) is 9.66. The third-order valence-electron chi connectivity index (χ3n) is 2.89. The molecule has 0 saturated carbocycles. The summed E-state index contributed by atoms with van der Waals surface area (Å²) in [5.74, 6) is 0. The summed E-state index contributed by atoms with van der Waals surface area (Å²) in [5.41, 5.74) is 2.10. The fourth-order valence-corrected chi connectivity index (χ4v) is 2.70. The van der Waals surface area contributed by atoms with Crippen LogP contribution in [-0.2, 0) is 0 Å². The van der Waals surface area contributed by atoms with Crippen molar-refractivity contribution in [3.05, 3.63) is 51.7 Å². The number of hydrogen-bond acceptors (Lipinski definition) is 4. The Kier molecular flexibility index (Phi) is 3.30. The molecule has 0 amide bonds. The maximum atomic E-state index is 10.4. The molecule has 1 aromatic carbocycles. The minimum atomic E-state index is -0.958. The van der Waals surface area contributed by atoms with E-state index in [-0.39, 0.29) is 5.15 Å². The highest BCUT2D eigenvalue weighted by atomic mass is 79.9. The molecule has 94 valence electrons. The van der Waals surface area contributed by atoms with E-state index in [1.165, 1.54) is 4.92 Å². The zero-order chi connectivity index (χ0) is 13.4. The maximum absolute atomic E-state index is 10.4. The Balaban J connectivity index is 2.10. The fourth-order valence-electron chi connectivity index (χ4n) is 1.97. The van der Waals surface area contributed by atoms with Gasteiger partial charge in [-0.2, -0.15) is 5.10 Å². The van der Waals surface area contributed by atoms with E-state index >= 15 is 0 Å². The molecule has 2 heterocycles. The van der Waals surface area contributed by atoms with Gasteiger partial charge >= 0.3 is 7.05 Å². The standard InChI is InChI=1S/C12H8BBrClN3O/c14-9-3-1-2-4-10(9)18-13(19)11-8(7-17-18)5-6-16-12(11)15/h1-7,19H. The summed E-state index contributed by atoms with van der Waals surface area (Å²) >= 11 is 9.50. The highest BCUT2D eigenvalue weighted by Gasteiger charge is 2.33. The van der Waals surface area contributed by atoms with E-state index in [1.807, 2.05) is 24.3 Å². The summed E-state index contributed by atoms with van der Waals surface area (Å²) in [7, 11) is -0.958. The van der Waals surface area contributed by atoms with Crippen molar-refractivity contribution in [1.82, 2.24) is 4.98 Å². The molecule has 19 heavy (non-hydrogen) atoms. The molecule has 2 aromatic rings. The number of nitrogens with zero attached hydrogens (tertiary/aromatic N) is 3. The van der Waals surface area contributed by atoms with Gasteiger partial charge < -0.3 is 5.02 Å². The Morgan fingerprint density at radius 1 is 1.26 bits per heavy atom. The van der Waals surface area contributed by atoms with Gasteiger partial charge in [0.15, 0.2) is 0 Å². The molecule has 0 atom stereocenters. The van der Waals surface area contributed by atoms with Crippen molar-refractivity contribution in [2.24, 2.45) is 5.10 Å². The SMILES string of the molecule is OB1c2c(ccnc2Cl)C=NN1c1ccccc1Br. The first-order valence-electron chi connectivity index (χ1n) is 5.58. The van der Waals surface area contributed by atoms with E-state index in [4.69, 9.17) is 11.6 Å². The third-order valence-corrected chi connectivity index (χ3v) is 3.86. The predicted octanol–water partition coefficient (Wildman–Crippen LogP) is 2.04. The van der Waals surface area contributed by atoms with Crippen molar-refractivity contribution < 1.29 is 5.02 Å². The Labute approximate surface area is 124 Å².